The molecule has 2 nitrogen and oxygen atoms in total. The molecule has 1 rings (SSSR count). The molecular formula is C9H17NO. The van der Waals surface area contributed by atoms with Crippen LogP contribution in [0.4, 0.5) is 0 Å². The molecule has 2 heteroatoms. The maximum atomic E-state index is 5.26. The topological polar surface area (TPSA) is 12.5 Å². The normalized spacial score (nSPS) is 20.5. The molecule has 0 aromatic heterocycles. The molecule has 1 saturated heterocycles. The summed E-state index contributed by atoms with van der Waals surface area (Å²) < 4.78 is 5.26. The fourth-order valence-corrected chi connectivity index (χ4v) is 1.34. The second-order valence-corrected chi connectivity index (χ2v) is 2.85. The van der Waals surface area contributed by atoms with Crippen LogP contribution in [-0.4, -0.2) is 31.2 Å². The second-order valence-electron chi connectivity index (χ2n) is 2.85. The number of allylic oxidation sites excluding steroid dienone is 2. The third kappa shape index (κ3) is 2.54. The molecule has 1 fully saturated rings. The molecular weight excluding hydrogens is 138 g/mol. The van der Waals surface area contributed by atoms with Crippen molar-refractivity contribution >= 4 is 0 Å². The summed E-state index contributed by atoms with van der Waals surface area (Å²) >= 11 is 0. The molecule has 0 radical (unpaired) electrons. The van der Waals surface area contributed by atoms with Gasteiger partial charge < -0.3 is 9.64 Å². The molecule has 0 atom stereocenters. The number of nitrogens with zero attached hydrogens (tertiary/aromatic N) is 1. The van der Waals surface area contributed by atoms with Gasteiger partial charge in [0, 0.05) is 18.8 Å². The van der Waals surface area contributed by atoms with Crippen LogP contribution in [0.1, 0.15) is 20.3 Å². The average Bonchev–Trinajstić information content (AvgIpc) is 2.07. The highest BCUT2D eigenvalue weighted by molar-refractivity contribution is 4.97. The van der Waals surface area contributed by atoms with E-state index in [1.165, 1.54) is 5.70 Å². The lowest BCUT2D eigenvalue weighted by atomic mass is 10.3. The molecule has 0 aliphatic carbocycles. The molecule has 0 spiro atoms. The summed E-state index contributed by atoms with van der Waals surface area (Å²) in [6.45, 7) is 8.23. The van der Waals surface area contributed by atoms with Gasteiger partial charge in [0.2, 0.25) is 0 Å². The highest BCUT2D eigenvalue weighted by Gasteiger charge is 2.08. The van der Waals surface area contributed by atoms with Gasteiger partial charge >= 0.3 is 0 Å². The lowest BCUT2D eigenvalue weighted by molar-refractivity contribution is 0.0536. The van der Waals surface area contributed by atoms with Gasteiger partial charge in [-0.2, -0.15) is 0 Å². The zero-order valence-corrected chi connectivity index (χ0v) is 7.47. The van der Waals surface area contributed by atoms with Crippen LogP contribution in [0.25, 0.3) is 0 Å². The van der Waals surface area contributed by atoms with E-state index in [0.29, 0.717) is 0 Å². The molecule has 1 aliphatic heterocycles. The Balaban J connectivity index is 2.38. The predicted molar refractivity (Wildman–Crippen MR) is 46.4 cm³/mol. The predicted octanol–water partition coefficient (Wildman–Crippen LogP) is 1.63. The van der Waals surface area contributed by atoms with E-state index in [1.807, 2.05) is 0 Å². The van der Waals surface area contributed by atoms with Gasteiger partial charge in [0.25, 0.3) is 0 Å². The van der Waals surface area contributed by atoms with Crippen molar-refractivity contribution in [3.05, 3.63) is 11.8 Å². The Morgan fingerprint density at radius 1 is 1.45 bits per heavy atom. The molecule has 64 valence electrons. The fraction of sp³-hybridized carbons (Fsp3) is 0.778. The Labute approximate surface area is 68.8 Å². The van der Waals surface area contributed by atoms with Crippen LogP contribution in [0.5, 0.6) is 0 Å². The zero-order chi connectivity index (χ0) is 8.10. The van der Waals surface area contributed by atoms with Gasteiger partial charge in [-0.25, -0.2) is 0 Å². The van der Waals surface area contributed by atoms with Crippen LogP contribution in [0.3, 0.4) is 0 Å². The molecule has 0 aromatic carbocycles. The van der Waals surface area contributed by atoms with Crippen molar-refractivity contribution < 1.29 is 4.74 Å². The summed E-state index contributed by atoms with van der Waals surface area (Å²) in [5.74, 6) is 0. The number of hydrogen-bond acceptors (Lipinski definition) is 2. The van der Waals surface area contributed by atoms with E-state index in [9.17, 15) is 0 Å². The second kappa shape index (κ2) is 4.39. The van der Waals surface area contributed by atoms with Gasteiger partial charge in [0.1, 0.15) is 0 Å². The SMILES string of the molecule is CCC=C(C)N1CCOCC1. The Hall–Kier alpha value is -0.500. The maximum Gasteiger partial charge on any atom is 0.0642 e. The van der Waals surface area contributed by atoms with Crippen molar-refractivity contribution in [2.24, 2.45) is 0 Å². The van der Waals surface area contributed by atoms with E-state index in [4.69, 9.17) is 4.74 Å². The lowest BCUT2D eigenvalue weighted by Gasteiger charge is -2.29. The van der Waals surface area contributed by atoms with Crippen LogP contribution in [0.2, 0.25) is 0 Å². The average molecular weight is 155 g/mol. The molecule has 0 N–H and O–H groups in total. The molecule has 0 unspecified atom stereocenters. The van der Waals surface area contributed by atoms with Gasteiger partial charge in [0.05, 0.1) is 13.2 Å². The number of rotatable bonds is 2. The van der Waals surface area contributed by atoms with Crippen molar-refractivity contribution in [2.45, 2.75) is 20.3 Å². The summed E-state index contributed by atoms with van der Waals surface area (Å²) in [7, 11) is 0. The smallest absolute Gasteiger partial charge is 0.0642 e. The summed E-state index contributed by atoms with van der Waals surface area (Å²) in [6, 6.07) is 0. The first-order valence-electron chi connectivity index (χ1n) is 4.34. The Kier molecular flexibility index (Phi) is 3.43. The largest absolute Gasteiger partial charge is 0.378 e. The maximum absolute atomic E-state index is 5.26. The molecule has 1 aliphatic rings. The summed E-state index contributed by atoms with van der Waals surface area (Å²) in [5, 5.41) is 0. The lowest BCUT2D eigenvalue weighted by Crippen LogP contribution is -2.34. The third-order valence-corrected chi connectivity index (χ3v) is 2.01. The van der Waals surface area contributed by atoms with Crippen LogP contribution >= 0.6 is 0 Å². The first-order valence-corrected chi connectivity index (χ1v) is 4.34. The third-order valence-electron chi connectivity index (χ3n) is 2.01. The fourth-order valence-electron chi connectivity index (χ4n) is 1.34. The highest BCUT2D eigenvalue weighted by Crippen LogP contribution is 2.06. The van der Waals surface area contributed by atoms with E-state index in [1.54, 1.807) is 0 Å². The molecule has 0 amide bonds. The highest BCUT2D eigenvalue weighted by atomic mass is 16.5. The standard InChI is InChI=1S/C9H17NO/c1-3-4-9(2)10-5-7-11-8-6-10/h4H,3,5-8H2,1-2H3. The minimum atomic E-state index is 0.884. The van der Waals surface area contributed by atoms with Crippen LogP contribution < -0.4 is 0 Å². The van der Waals surface area contributed by atoms with Gasteiger partial charge in [-0.3, -0.25) is 0 Å². The van der Waals surface area contributed by atoms with Crippen molar-refractivity contribution in [1.82, 2.24) is 4.90 Å². The molecule has 11 heavy (non-hydrogen) atoms. The minimum Gasteiger partial charge on any atom is -0.378 e. The number of morpholine rings is 1. The van der Waals surface area contributed by atoms with E-state index in [2.05, 4.69) is 24.8 Å². The first kappa shape index (κ1) is 8.60. The number of hydrogen-bond donors (Lipinski definition) is 0. The Morgan fingerprint density at radius 3 is 2.64 bits per heavy atom. The van der Waals surface area contributed by atoms with Gasteiger partial charge in [-0.05, 0) is 13.3 Å². The van der Waals surface area contributed by atoms with Gasteiger partial charge in [-0.1, -0.05) is 13.0 Å². The van der Waals surface area contributed by atoms with Crippen molar-refractivity contribution in [3.8, 4) is 0 Å². The zero-order valence-electron chi connectivity index (χ0n) is 7.47. The summed E-state index contributed by atoms with van der Waals surface area (Å²) in [4.78, 5) is 2.38. The van der Waals surface area contributed by atoms with Crippen LogP contribution in [0.15, 0.2) is 11.8 Å². The number of ether oxygens (including phenoxy) is 1. The van der Waals surface area contributed by atoms with E-state index in [0.717, 1.165) is 32.7 Å². The molecule has 1 heterocycles. The molecule has 0 bridgehead atoms. The van der Waals surface area contributed by atoms with Crippen molar-refractivity contribution in [1.29, 1.82) is 0 Å². The first-order chi connectivity index (χ1) is 5.34. The van der Waals surface area contributed by atoms with Crippen LogP contribution in [-0.2, 0) is 4.74 Å². The molecule has 0 saturated carbocycles. The monoisotopic (exact) mass is 155 g/mol. The van der Waals surface area contributed by atoms with E-state index in [-0.39, 0.29) is 0 Å². The Bertz CT molecular complexity index is 136. The minimum absolute atomic E-state index is 0.884. The van der Waals surface area contributed by atoms with Gasteiger partial charge in [-0.15, -0.1) is 0 Å². The molecule has 0 aromatic rings. The van der Waals surface area contributed by atoms with Crippen molar-refractivity contribution in [2.75, 3.05) is 26.3 Å². The van der Waals surface area contributed by atoms with E-state index >= 15 is 0 Å². The Morgan fingerprint density at radius 2 is 2.09 bits per heavy atom. The summed E-state index contributed by atoms with van der Waals surface area (Å²) in [6.07, 6.45) is 3.40. The summed E-state index contributed by atoms with van der Waals surface area (Å²) in [5.41, 5.74) is 1.40. The van der Waals surface area contributed by atoms with E-state index < -0.39 is 0 Å². The van der Waals surface area contributed by atoms with Crippen molar-refractivity contribution in [3.63, 3.8) is 0 Å². The van der Waals surface area contributed by atoms with Gasteiger partial charge in [0.15, 0.2) is 0 Å². The van der Waals surface area contributed by atoms with Crippen LogP contribution in [0, 0.1) is 0 Å². The quantitative estimate of drug-likeness (QED) is 0.601.